The first-order chi connectivity index (χ1) is 12.2. The largest absolute Gasteiger partial charge is 0.387 e. The minimum Gasteiger partial charge on any atom is -0.387 e. The molecule has 0 fully saturated rings. The van der Waals surface area contributed by atoms with Crippen LogP contribution >= 0.6 is 0 Å². The average Bonchev–Trinajstić information content (AvgIpc) is 3.20. The normalized spacial score (nSPS) is 17.7. The first kappa shape index (κ1) is 15.2. The number of carbonyl (C=O) groups is 2. The number of rotatable bonds is 2. The summed E-state index contributed by atoms with van der Waals surface area (Å²) < 4.78 is 6.27. The molecule has 0 saturated heterocycles. The summed E-state index contributed by atoms with van der Waals surface area (Å²) in [5.41, 5.74) is 2.86. The second-order valence-corrected chi connectivity index (χ2v) is 5.45. The van der Waals surface area contributed by atoms with E-state index in [2.05, 4.69) is 20.6 Å². The van der Waals surface area contributed by atoms with Crippen molar-refractivity contribution in [3.63, 3.8) is 0 Å². The molecule has 128 valence electrons. The Balaban J connectivity index is 1.83. The molecule has 9 heteroatoms. The first-order valence-electron chi connectivity index (χ1n) is 7.87. The lowest BCUT2D eigenvalue weighted by atomic mass is 10.1. The van der Waals surface area contributed by atoms with E-state index in [0.717, 1.165) is 41.2 Å². The number of hydrogen-bond donors (Lipinski definition) is 2. The fourth-order valence-electron chi connectivity index (χ4n) is 2.77. The molecule has 25 heavy (non-hydrogen) atoms. The number of aryl methyl sites for hydroxylation is 1. The SMILES string of the molecule is CCc1c(NC2=NCCN2)ccc2c1nc1n2OC(=O)/C=C\C(=O)O1. The minimum absolute atomic E-state index is 0.0825. The van der Waals surface area contributed by atoms with Gasteiger partial charge in [-0.05, 0) is 18.6 Å². The van der Waals surface area contributed by atoms with Gasteiger partial charge in [-0.15, -0.1) is 4.73 Å². The second-order valence-electron chi connectivity index (χ2n) is 5.45. The van der Waals surface area contributed by atoms with E-state index in [-0.39, 0.29) is 6.01 Å². The predicted octanol–water partition coefficient (Wildman–Crippen LogP) is 0.400. The van der Waals surface area contributed by atoms with Crippen LogP contribution in [-0.4, -0.2) is 40.7 Å². The third kappa shape index (κ3) is 2.69. The van der Waals surface area contributed by atoms with Crippen LogP contribution in [0.25, 0.3) is 11.0 Å². The molecule has 9 nitrogen and oxygen atoms in total. The van der Waals surface area contributed by atoms with E-state index in [0.29, 0.717) is 23.4 Å². The maximum absolute atomic E-state index is 11.7. The molecular weight excluding hydrogens is 326 g/mol. The number of nitrogens with zero attached hydrogens (tertiary/aromatic N) is 3. The molecule has 4 rings (SSSR count). The maximum atomic E-state index is 11.7. The summed E-state index contributed by atoms with van der Waals surface area (Å²) >= 11 is 0. The van der Waals surface area contributed by atoms with Gasteiger partial charge < -0.3 is 20.2 Å². The summed E-state index contributed by atoms with van der Waals surface area (Å²) in [6.45, 7) is 3.51. The van der Waals surface area contributed by atoms with Crippen molar-refractivity contribution < 1.29 is 19.2 Å². The fourth-order valence-corrected chi connectivity index (χ4v) is 2.77. The summed E-state index contributed by atoms with van der Waals surface area (Å²) in [4.78, 5) is 37.3. The van der Waals surface area contributed by atoms with Crippen molar-refractivity contribution in [3.05, 3.63) is 29.8 Å². The molecule has 0 amide bonds. The molecule has 2 aliphatic rings. The van der Waals surface area contributed by atoms with E-state index in [9.17, 15) is 9.59 Å². The van der Waals surface area contributed by atoms with Gasteiger partial charge in [0, 0.05) is 29.9 Å². The van der Waals surface area contributed by atoms with Crippen LogP contribution < -0.4 is 20.2 Å². The van der Waals surface area contributed by atoms with Crippen LogP contribution in [0.1, 0.15) is 12.5 Å². The van der Waals surface area contributed by atoms with Crippen LogP contribution in [0.5, 0.6) is 6.01 Å². The van der Waals surface area contributed by atoms with E-state index < -0.39 is 11.9 Å². The molecule has 0 radical (unpaired) electrons. The average molecular weight is 341 g/mol. The Morgan fingerprint density at radius 2 is 2.12 bits per heavy atom. The zero-order valence-electron chi connectivity index (χ0n) is 13.4. The zero-order chi connectivity index (χ0) is 17.4. The number of aromatic nitrogens is 2. The lowest BCUT2D eigenvalue weighted by Crippen LogP contribution is -2.26. The molecule has 2 N–H and O–H groups in total. The van der Waals surface area contributed by atoms with E-state index in [1.807, 2.05) is 13.0 Å². The van der Waals surface area contributed by atoms with E-state index >= 15 is 0 Å². The van der Waals surface area contributed by atoms with Gasteiger partial charge in [-0.2, -0.15) is 4.98 Å². The zero-order valence-corrected chi connectivity index (χ0v) is 13.4. The Morgan fingerprint density at radius 3 is 2.88 bits per heavy atom. The fraction of sp³-hybridized carbons (Fsp3) is 0.250. The first-order valence-corrected chi connectivity index (χ1v) is 7.87. The topological polar surface area (TPSA) is 107 Å². The number of imidazole rings is 1. The number of guanidine groups is 1. The molecule has 0 unspecified atom stereocenters. The van der Waals surface area contributed by atoms with E-state index in [4.69, 9.17) is 9.57 Å². The van der Waals surface area contributed by atoms with Crippen LogP contribution in [0.2, 0.25) is 0 Å². The molecule has 0 atom stereocenters. The van der Waals surface area contributed by atoms with Gasteiger partial charge in [0.1, 0.15) is 11.0 Å². The molecule has 2 aromatic rings. The maximum Gasteiger partial charge on any atom is 0.356 e. The number of esters is 1. The smallest absolute Gasteiger partial charge is 0.356 e. The van der Waals surface area contributed by atoms with Gasteiger partial charge in [-0.3, -0.25) is 4.99 Å². The monoisotopic (exact) mass is 341 g/mol. The number of nitrogens with one attached hydrogen (secondary N) is 2. The summed E-state index contributed by atoms with van der Waals surface area (Å²) in [7, 11) is 0. The van der Waals surface area contributed by atoms with Crippen LogP contribution in [0.4, 0.5) is 5.69 Å². The van der Waals surface area contributed by atoms with E-state index in [1.165, 1.54) is 0 Å². The minimum atomic E-state index is -0.686. The summed E-state index contributed by atoms with van der Waals surface area (Å²) in [6, 6.07) is 3.51. The summed E-state index contributed by atoms with van der Waals surface area (Å²) in [5.74, 6) is -0.662. The third-order valence-electron chi connectivity index (χ3n) is 3.87. The Bertz CT molecular complexity index is 944. The highest BCUT2D eigenvalue weighted by Crippen LogP contribution is 2.30. The van der Waals surface area contributed by atoms with Gasteiger partial charge in [0.25, 0.3) is 0 Å². The highest BCUT2D eigenvalue weighted by molar-refractivity contribution is 5.99. The van der Waals surface area contributed by atoms with E-state index in [1.54, 1.807) is 6.07 Å². The lowest BCUT2D eigenvalue weighted by molar-refractivity contribution is -0.142. The number of fused-ring (bicyclic) bond motifs is 3. The third-order valence-corrected chi connectivity index (χ3v) is 3.87. The van der Waals surface area contributed by atoms with Crippen LogP contribution in [0, 0.1) is 0 Å². The molecule has 2 aliphatic heterocycles. The van der Waals surface area contributed by atoms with Gasteiger partial charge >= 0.3 is 17.9 Å². The Labute approximate surface area is 142 Å². The quantitative estimate of drug-likeness (QED) is 0.762. The standard InChI is InChI=1S/C16H15N5O4/c1-2-9-10(19-15-17-7-8-18-15)3-4-11-14(9)20-16-21(11)25-13(23)6-5-12(22)24-16/h3-6H,2,7-8H2,1H3,(H2,17,18,19)/b6-5-. The molecule has 0 saturated carbocycles. The number of benzene rings is 1. The van der Waals surface area contributed by atoms with Crippen molar-refractivity contribution >= 4 is 34.6 Å². The number of ether oxygens (including phenoxy) is 1. The van der Waals surface area contributed by atoms with Crippen molar-refractivity contribution in [1.82, 2.24) is 15.0 Å². The highest BCUT2D eigenvalue weighted by Gasteiger charge is 2.23. The van der Waals surface area contributed by atoms with Gasteiger partial charge in [0.05, 0.1) is 6.54 Å². The molecule has 3 heterocycles. The van der Waals surface area contributed by atoms with Gasteiger partial charge in [0.15, 0.2) is 5.96 Å². The molecule has 1 aromatic carbocycles. The summed E-state index contributed by atoms with van der Waals surface area (Å²) in [5, 5.41) is 6.38. The number of hydrogen-bond acceptors (Lipinski definition) is 8. The van der Waals surface area contributed by atoms with Gasteiger partial charge in [0.2, 0.25) is 0 Å². The molecule has 1 aromatic heterocycles. The molecular formula is C16H15N5O4. The van der Waals surface area contributed by atoms with Crippen molar-refractivity contribution in [1.29, 1.82) is 0 Å². The van der Waals surface area contributed by atoms with Crippen molar-refractivity contribution in [3.8, 4) is 6.01 Å². The molecule has 0 bridgehead atoms. The second kappa shape index (κ2) is 5.93. The lowest BCUT2D eigenvalue weighted by Gasteiger charge is -2.12. The predicted molar refractivity (Wildman–Crippen MR) is 89.4 cm³/mol. The Hall–Kier alpha value is -3.36. The molecule has 0 spiro atoms. The van der Waals surface area contributed by atoms with Crippen molar-refractivity contribution in [2.24, 2.45) is 4.99 Å². The van der Waals surface area contributed by atoms with Crippen LogP contribution in [0.15, 0.2) is 29.3 Å². The number of aliphatic imine (C=N–C) groups is 1. The highest BCUT2D eigenvalue weighted by atomic mass is 16.7. The summed E-state index contributed by atoms with van der Waals surface area (Å²) in [6.07, 6.45) is 2.68. The van der Waals surface area contributed by atoms with Crippen molar-refractivity contribution in [2.45, 2.75) is 13.3 Å². The van der Waals surface area contributed by atoms with Crippen molar-refractivity contribution in [2.75, 3.05) is 18.4 Å². The van der Waals surface area contributed by atoms with Crippen LogP contribution in [0.3, 0.4) is 0 Å². The van der Waals surface area contributed by atoms with Gasteiger partial charge in [-0.25, -0.2) is 9.59 Å². The van der Waals surface area contributed by atoms with Crippen LogP contribution in [-0.2, 0) is 16.0 Å². The Kier molecular flexibility index (Phi) is 3.60. The number of carbonyl (C=O) groups excluding carboxylic acids is 2. The molecule has 0 aliphatic carbocycles. The number of anilines is 1. The van der Waals surface area contributed by atoms with Gasteiger partial charge in [-0.1, -0.05) is 6.92 Å². The Morgan fingerprint density at radius 1 is 1.28 bits per heavy atom.